The average molecular weight is 731 g/mol. The van der Waals surface area contributed by atoms with E-state index in [0.717, 1.165) is 99.2 Å². The van der Waals surface area contributed by atoms with Crippen LogP contribution in [0.25, 0.3) is 117 Å². The van der Waals surface area contributed by atoms with Gasteiger partial charge in [0.05, 0.1) is 27.7 Å². The summed E-state index contributed by atoms with van der Waals surface area (Å²) in [5.41, 5.74) is 11.4. The molecule has 4 aromatic heterocycles. The van der Waals surface area contributed by atoms with Gasteiger partial charge in [-0.3, -0.25) is 0 Å². The summed E-state index contributed by atoms with van der Waals surface area (Å²) in [4.78, 5) is 15.3. The van der Waals surface area contributed by atoms with Crippen LogP contribution in [-0.2, 0) is 0 Å². The largest absolute Gasteiger partial charge is 0.456 e. The van der Waals surface area contributed by atoms with Gasteiger partial charge in [-0.1, -0.05) is 127 Å². The number of para-hydroxylation sites is 3. The van der Waals surface area contributed by atoms with Crippen LogP contribution in [0.15, 0.2) is 191 Å². The van der Waals surface area contributed by atoms with E-state index in [1.807, 2.05) is 60.7 Å². The summed E-state index contributed by atoms with van der Waals surface area (Å²) in [6.07, 6.45) is 0. The van der Waals surface area contributed by atoms with Crippen molar-refractivity contribution < 1.29 is 8.83 Å². The van der Waals surface area contributed by atoms with Crippen LogP contribution in [0, 0.1) is 0 Å². The van der Waals surface area contributed by atoms with Crippen molar-refractivity contribution in [3.63, 3.8) is 0 Å². The van der Waals surface area contributed by atoms with Crippen molar-refractivity contribution in [1.29, 1.82) is 0 Å². The normalized spacial score (nSPS) is 11.9. The maximum absolute atomic E-state index is 6.55. The van der Waals surface area contributed by atoms with Crippen molar-refractivity contribution in [3.05, 3.63) is 182 Å². The number of nitrogens with zero attached hydrogens (tertiary/aromatic N) is 4. The maximum atomic E-state index is 6.55. The van der Waals surface area contributed by atoms with E-state index >= 15 is 0 Å². The van der Waals surface area contributed by atoms with Gasteiger partial charge in [-0.05, 0) is 65.7 Å². The molecule has 4 heterocycles. The molecule has 0 spiro atoms. The molecule has 0 atom stereocenters. The minimum atomic E-state index is 0.554. The highest BCUT2D eigenvalue weighted by Crippen LogP contribution is 2.43. The highest BCUT2D eigenvalue weighted by atomic mass is 16.3. The lowest BCUT2D eigenvalue weighted by molar-refractivity contribution is 0.668. The van der Waals surface area contributed by atoms with Gasteiger partial charge in [-0.2, -0.15) is 0 Å². The molecule has 0 amide bonds. The first-order chi connectivity index (χ1) is 28.3. The van der Waals surface area contributed by atoms with Gasteiger partial charge in [-0.15, -0.1) is 0 Å². The Balaban J connectivity index is 1.09. The van der Waals surface area contributed by atoms with E-state index in [1.165, 1.54) is 0 Å². The molecule has 57 heavy (non-hydrogen) atoms. The zero-order valence-electron chi connectivity index (χ0n) is 30.4. The molecule has 0 saturated carbocycles. The lowest BCUT2D eigenvalue weighted by atomic mass is 9.99. The predicted octanol–water partition coefficient (Wildman–Crippen LogP) is 13.4. The molecule has 6 nitrogen and oxygen atoms in total. The van der Waals surface area contributed by atoms with Crippen LogP contribution in [0.3, 0.4) is 0 Å². The highest BCUT2D eigenvalue weighted by Gasteiger charge is 2.22. The third kappa shape index (κ3) is 4.87. The molecule has 0 unspecified atom stereocenters. The van der Waals surface area contributed by atoms with Crippen molar-refractivity contribution in [2.24, 2.45) is 0 Å². The van der Waals surface area contributed by atoms with Crippen LogP contribution in [-0.4, -0.2) is 19.5 Å². The molecule has 8 aromatic carbocycles. The predicted molar refractivity (Wildman–Crippen MR) is 230 cm³/mol. The van der Waals surface area contributed by atoms with Gasteiger partial charge in [0.2, 0.25) is 0 Å². The Kier molecular flexibility index (Phi) is 6.83. The number of benzene rings is 8. The summed E-state index contributed by atoms with van der Waals surface area (Å²) in [7, 11) is 0. The molecule has 6 heteroatoms. The topological polar surface area (TPSA) is 69.9 Å². The van der Waals surface area contributed by atoms with Crippen molar-refractivity contribution in [1.82, 2.24) is 19.5 Å². The molecule has 0 radical (unpaired) electrons. The third-order valence-electron chi connectivity index (χ3n) is 11.1. The number of hydrogen-bond acceptors (Lipinski definition) is 5. The maximum Gasteiger partial charge on any atom is 0.167 e. The quantitative estimate of drug-likeness (QED) is 0.176. The van der Waals surface area contributed by atoms with Crippen LogP contribution in [0.1, 0.15) is 0 Å². The fraction of sp³-hybridized carbons (Fsp3) is 0. The molecular weight excluding hydrogens is 701 g/mol. The van der Waals surface area contributed by atoms with Crippen LogP contribution < -0.4 is 0 Å². The molecule has 0 aliphatic carbocycles. The standard InChI is InChI=1S/C51H30N4O2/c1-3-14-31(15-4-1)34-20-12-26-44-46(34)47-42(24-13-27-45(47)56-44)55-40-23-9-7-18-35(40)39-30-33(28-29-41(39)55)50-52-49(32-16-5-2-6-17-32)53-51(54-50)38-22-11-21-37-36-19-8-10-25-43(36)57-48(37)38/h1-30H. The van der Waals surface area contributed by atoms with E-state index in [9.17, 15) is 0 Å². The first-order valence-electron chi connectivity index (χ1n) is 19.0. The van der Waals surface area contributed by atoms with Gasteiger partial charge in [0, 0.05) is 38.1 Å². The number of rotatable bonds is 5. The van der Waals surface area contributed by atoms with Crippen LogP contribution in [0.2, 0.25) is 0 Å². The summed E-state index contributed by atoms with van der Waals surface area (Å²) in [5, 5.41) is 6.49. The Bertz CT molecular complexity index is 3530. The summed E-state index contributed by atoms with van der Waals surface area (Å²) in [6.45, 7) is 0. The van der Waals surface area contributed by atoms with Crippen molar-refractivity contribution >= 4 is 65.7 Å². The zero-order valence-corrected chi connectivity index (χ0v) is 30.4. The number of fused-ring (bicyclic) bond motifs is 9. The monoisotopic (exact) mass is 730 g/mol. The Morgan fingerprint density at radius 1 is 0.351 bits per heavy atom. The van der Waals surface area contributed by atoms with Gasteiger partial charge >= 0.3 is 0 Å². The molecule has 0 fully saturated rings. The minimum absolute atomic E-state index is 0.554. The molecule has 0 aliphatic rings. The second-order valence-corrected chi connectivity index (χ2v) is 14.3. The van der Waals surface area contributed by atoms with E-state index in [1.54, 1.807) is 0 Å². The number of furan rings is 2. The first-order valence-corrected chi connectivity index (χ1v) is 19.0. The molecule has 12 rings (SSSR count). The fourth-order valence-corrected chi connectivity index (χ4v) is 8.53. The SMILES string of the molecule is c1ccc(-c2nc(-c3ccc4c(c3)c3ccccc3n4-c3cccc4oc5cccc(-c6ccccc6)c5c34)nc(-c3cccc4c3oc3ccccc34)n2)cc1. The van der Waals surface area contributed by atoms with Gasteiger partial charge in [0.15, 0.2) is 17.5 Å². The highest BCUT2D eigenvalue weighted by molar-refractivity contribution is 6.18. The summed E-state index contributed by atoms with van der Waals surface area (Å²) in [6, 6.07) is 62.6. The molecule has 0 bridgehead atoms. The molecule has 12 aromatic rings. The van der Waals surface area contributed by atoms with E-state index < -0.39 is 0 Å². The molecule has 0 N–H and O–H groups in total. The van der Waals surface area contributed by atoms with Gasteiger partial charge in [0.1, 0.15) is 22.3 Å². The molecule has 0 saturated heterocycles. The van der Waals surface area contributed by atoms with Crippen molar-refractivity contribution in [2.45, 2.75) is 0 Å². The Morgan fingerprint density at radius 2 is 0.947 bits per heavy atom. The Hall–Kier alpha value is -7.83. The third-order valence-corrected chi connectivity index (χ3v) is 11.1. The lowest BCUT2D eigenvalue weighted by Crippen LogP contribution is -2.00. The Morgan fingerprint density at radius 3 is 1.79 bits per heavy atom. The second-order valence-electron chi connectivity index (χ2n) is 14.3. The smallest absolute Gasteiger partial charge is 0.167 e. The molecule has 266 valence electrons. The molecule has 0 aliphatic heterocycles. The Labute approximate surface area is 325 Å². The van der Waals surface area contributed by atoms with Crippen LogP contribution >= 0.6 is 0 Å². The van der Waals surface area contributed by atoms with E-state index in [0.29, 0.717) is 17.5 Å². The summed E-state index contributed by atoms with van der Waals surface area (Å²) in [5.74, 6) is 1.74. The van der Waals surface area contributed by atoms with Crippen molar-refractivity contribution in [2.75, 3.05) is 0 Å². The van der Waals surface area contributed by atoms with Crippen molar-refractivity contribution in [3.8, 4) is 51.0 Å². The molecular formula is C51H30N4O2. The number of aromatic nitrogens is 4. The van der Waals surface area contributed by atoms with E-state index in [4.69, 9.17) is 23.8 Å². The van der Waals surface area contributed by atoms with Gasteiger partial charge in [0.25, 0.3) is 0 Å². The van der Waals surface area contributed by atoms with Crippen LogP contribution in [0.5, 0.6) is 0 Å². The zero-order chi connectivity index (χ0) is 37.5. The van der Waals surface area contributed by atoms with E-state index in [-0.39, 0.29) is 0 Å². The fourth-order valence-electron chi connectivity index (χ4n) is 8.53. The van der Waals surface area contributed by atoms with Gasteiger partial charge in [-0.25, -0.2) is 15.0 Å². The van der Waals surface area contributed by atoms with E-state index in [2.05, 4.69) is 126 Å². The first kappa shape index (κ1) is 31.5. The summed E-state index contributed by atoms with van der Waals surface area (Å²) >= 11 is 0. The summed E-state index contributed by atoms with van der Waals surface area (Å²) < 4.78 is 15.4. The van der Waals surface area contributed by atoms with Gasteiger partial charge < -0.3 is 13.4 Å². The van der Waals surface area contributed by atoms with Crippen LogP contribution in [0.4, 0.5) is 0 Å². The second kappa shape index (κ2) is 12.3. The minimum Gasteiger partial charge on any atom is -0.456 e. The lowest BCUT2D eigenvalue weighted by Gasteiger charge is -2.11. The number of hydrogen-bond donors (Lipinski definition) is 0. The average Bonchev–Trinajstić information content (AvgIpc) is 3.96.